The summed E-state index contributed by atoms with van der Waals surface area (Å²) >= 11 is 0. The largest absolute Gasteiger partial charge is 0.360 e. The number of nitrogens with zero attached hydrogens (tertiary/aromatic N) is 3. The van der Waals surface area contributed by atoms with Crippen molar-refractivity contribution in [3.8, 4) is 0 Å². The fourth-order valence-electron chi connectivity index (χ4n) is 1.57. The first kappa shape index (κ1) is 11.6. The maximum absolute atomic E-state index is 12.0. The zero-order chi connectivity index (χ0) is 13.2. The molecule has 1 aliphatic carbocycles. The second kappa shape index (κ2) is 4.68. The fraction of sp³-hybridized carbons (Fsp3) is 0.333. The van der Waals surface area contributed by atoms with Crippen molar-refractivity contribution in [3.05, 3.63) is 29.8 Å². The van der Waals surface area contributed by atoms with Crippen molar-refractivity contribution >= 4 is 17.7 Å². The van der Waals surface area contributed by atoms with Crippen molar-refractivity contribution < 1.29 is 9.32 Å². The minimum Gasteiger partial charge on any atom is -0.360 e. The Balaban J connectivity index is 1.71. The van der Waals surface area contributed by atoms with E-state index in [-0.39, 0.29) is 5.91 Å². The molecule has 98 valence electrons. The molecule has 7 heteroatoms. The third-order valence-corrected chi connectivity index (χ3v) is 2.67. The molecule has 0 aliphatic heterocycles. The summed E-state index contributed by atoms with van der Waals surface area (Å²) in [5.74, 6) is 1.15. The molecule has 0 radical (unpaired) electrons. The van der Waals surface area contributed by atoms with Gasteiger partial charge < -0.3 is 15.2 Å². The van der Waals surface area contributed by atoms with E-state index in [4.69, 9.17) is 4.52 Å². The molecule has 0 spiro atoms. The Kier molecular flexibility index (Phi) is 2.86. The number of hydrogen-bond acceptors (Lipinski definition) is 6. The highest BCUT2D eigenvalue weighted by Crippen LogP contribution is 2.22. The summed E-state index contributed by atoms with van der Waals surface area (Å²) in [7, 11) is 0. The van der Waals surface area contributed by atoms with Crippen LogP contribution in [-0.4, -0.2) is 27.1 Å². The second-order valence-corrected chi connectivity index (χ2v) is 4.46. The summed E-state index contributed by atoms with van der Waals surface area (Å²) in [4.78, 5) is 20.2. The van der Waals surface area contributed by atoms with Gasteiger partial charge in [0.1, 0.15) is 11.5 Å². The molecule has 0 bridgehead atoms. The number of amides is 1. The van der Waals surface area contributed by atoms with Crippen molar-refractivity contribution in [1.29, 1.82) is 0 Å². The molecule has 19 heavy (non-hydrogen) atoms. The molecule has 0 saturated heterocycles. The van der Waals surface area contributed by atoms with Gasteiger partial charge in [-0.15, -0.1) is 0 Å². The molecular formula is C12H13N5O2. The maximum Gasteiger partial charge on any atom is 0.275 e. The standard InChI is InChI=1S/C12H13N5O2/c1-7-6-10(17-19-7)16-11(18)9-4-5-13-12(15-9)14-8-2-3-8/h4-6,8H,2-3H2,1H3,(H,13,14,15)(H,16,17,18). The Hall–Kier alpha value is -2.44. The average Bonchev–Trinajstić information content (AvgIpc) is 3.11. The first-order valence-electron chi connectivity index (χ1n) is 6.05. The van der Waals surface area contributed by atoms with E-state index in [9.17, 15) is 4.79 Å². The second-order valence-electron chi connectivity index (χ2n) is 4.46. The smallest absolute Gasteiger partial charge is 0.275 e. The SMILES string of the molecule is Cc1cc(NC(=O)c2ccnc(NC3CC3)n2)no1. The van der Waals surface area contributed by atoms with Gasteiger partial charge in [0.25, 0.3) is 5.91 Å². The molecule has 1 amide bonds. The van der Waals surface area contributed by atoms with Gasteiger partial charge in [-0.05, 0) is 25.8 Å². The monoisotopic (exact) mass is 259 g/mol. The Labute approximate surface area is 109 Å². The highest BCUT2D eigenvalue weighted by molar-refractivity contribution is 6.02. The molecule has 1 saturated carbocycles. The number of rotatable bonds is 4. The molecule has 0 aromatic carbocycles. The lowest BCUT2D eigenvalue weighted by Gasteiger charge is -2.04. The third-order valence-electron chi connectivity index (χ3n) is 2.67. The van der Waals surface area contributed by atoms with Crippen LogP contribution >= 0.6 is 0 Å². The number of nitrogens with one attached hydrogen (secondary N) is 2. The summed E-state index contributed by atoms with van der Waals surface area (Å²) in [6.07, 6.45) is 3.80. The van der Waals surface area contributed by atoms with E-state index in [0.29, 0.717) is 29.3 Å². The number of aromatic nitrogens is 3. The Morgan fingerprint density at radius 1 is 1.47 bits per heavy atom. The summed E-state index contributed by atoms with van der Waals surface area (Å²) in [6, 6.07) is 3.64. The first-order valence-corrected chi connectivity index (χ1v) is 6.05. The fourth-order valence-corrected chi connectivity index (χ4v) is 1.57. The van der Waals surface area contributed by atoms with Crippen molar-refractivity contribution in [3.63, 3.8) is 0 Å². The number of carbonyl (C=O) groups is 1. The van der Waals surface area contributed by atoms with E-state index in [2.05, 4.69) is 25.8 Å². The maximum atomic E-state index is 12.0. The summed E-state index contributed by atoms with van der Waals surface area (Å²) in [5, 5.41) is 9.45. The van der Waals surface area contributed by atoms with Crippen LogP contribution in [0.4, 0.5) is 11.8 Å². The van der Waals surface area contributed by atoms with Gasteiger partial charge in [0, 0.05) is 18.3 Å². The normalized spacial score (nSPS) is 14.2. The molecule has 7 nitrogen and oxygen atoms in total. The van der Waals surface area contributed by atoms with Crippen LogP contribution in [0.25, 0.3) is 0 Å². The molecule has 1 aliphatic rings. The molecule has 2 aromatic rings. The Morgan fingerprint density at radius 2 is 2.32 bits per heavy atom. The van der Waals surface area contributed by atoms with Crippen LogP contribution in [0.2, 0.25) is 0 Å². The molecule has 2 aromatic heterocycles. The van der Waals surface area contributed by atoms with Gasteiger partial charge in [0.2, 0.25) is 5.95 Å². The van der Waals surface area contributed by atoms with Gasteiger partial charge >= 0.3 is 0 Å². The highest BCUT2D eigenvalue weighted by atomic mass is 16.5. The van der Waals surface area contributed by atoms with Gasteiger partial charge in [-0.25, -0.2) is 9.97 Å². The molecule has 0 atom stereocenters. The molecule has 2 heterocycles. The lowest BCUT2D eigenvalue weighted by Crippen LogP contribution is -2.15. The van der Waals surface area contributed by atoms with E-state index >= 15 is 0 Å². The third kappa shape index (κ3) is 2.87. The Morgan fingerprint density at radius 3 is 3.00 bits per heavy atom. The van der Waals surface area contributed by atoms with Crippen molar-refractivity contribution in [2.45, 2.75) is 25.8 Å². The van der Waals surface area contributed by atoms with Crippen LogP contribution in [0.15, 0.2) is 22.9 Å². The van der Waals surface area contributed by atoms with Gasteiger partial charge in [-0.3, -0.25) is 4.79 Å². The Bertz CT molecular complexity index is 606. The molecule has 0 unspecified atom stereocenters. The van der Waals surface area contributed by atoms with Gasteiger partial charge in [-0.2, -0.15) is 0 Å². The van der Waals surface area contributed by atoms with Gasteiger partial charge in [-0.1, -0.05) is 5.16 Å². The average molecular weight is 259 g/mol. The molecule has 3 rings (SSSR count). The quantitative estimate of drug-likeness (QED) is 0.866. The number of hydrogen-bond donors (Lipinski definition) is 2. The van der Waals surface area contributed by atoms with Gasteiger partial charge in [0.15, 0.2) is 5.82 Å². The van der Waals surface area contributed by atoms with E-state index in [1.807, 2.05) is 0 Å². The van der Waals surface area contributed by atoms with Crippen LogP contribution in [0.1, 0.15) is 29.1 Å². The summed E-state index contributed by atoms with van der Waals surface area (Å²) in [6.45, 7) is 1.75. The zero-order valence-electron chi connectivity index (χ0n) is 10.4. The van der Waals surface area contributed by atoms with E-state index in [1.165, 1.54) is 0 Å². The lowest BCUT2D eigenvalue weighted by molar-refractivity contribution is 0.102. The van der Waals surface area contributed by atoms with E-state index in [0.717, 1.165) is 12.8 Å². The molecule has 1 fully saturated rings. The van der Waals surface area contributed by atoms with Crippen LogP contribution in [-0.2, 0) is 0 Å². The molecule has 2 N–H and O–H groups in total. The number of anilines is 2. The zero-order valence-corrected chi connectivity index (χ0v) is 10.4. The summed E-state index contributed by atoms with van der Waals surface area (Å²) in [5.41, 5.74) is 0.291. The number of carbonyl (C=O) groups excluding carboxylic acids is 1. The topological polar surface area (TPSA) is 92.9 Å². The summed E-state index contributed by atoms with van der Waals surface area (Å²) < 4.78 is 4.88. The minimum atomic E-state index is -0.338. The lowest BCUT2D eigenvalue weighted by atomic mass is 10.3. The van der Waals surface area contributed by atoms with Crippen LogP contribution < -0.4 is 10.6 Å². The van der Waals surface area contributed by atoms with Crippen molar-refractivity contribution in [2.24, 2.45) is 0 Å². The van der Waals surface area contributed by atoms with Crippen molar-refractivity contribution in [1.82, 2.24) is 15.1 Å². The predicted molar refractivity (Wildman–Crippen MR) is 67.9 cm³/mol. The minimum absolute atomic E-state index is 0.291. The van der Waals surface area contributed by atoms with Crippen molar-refractivity contribution in [2.75, 3.05) is 10.6 Å². The van der Waals surface area contributed by atoms with Gasteiger partial charge in [0.05, 0.1) is 0 Å². The molecular weight excluding hydrogens is 246 g/mol. The van der Waals surface area contributed by atoms with Crippen LogP contribution in [0.3, 0.4) is 0 Å². The first-order chi connectivity index (χ1) is 9.20. The van der Waals surface area contributed by atoms with Crippen LogP contribution in [0.5, 0.6) is 0 Å². The number of aryl methyl sites for hydroxylation is 1. The van der Waals surface area contributed by atoms with E-state index < -0.39 is 0 Å². The predicted octanol–water partition coefficient (Wildman–Crippen LogP) is 1.60. The van der Waals surface area contributed by atoms with Crippen LogP contribution in [0, 0.1) is 6.92 Å². The highest BCUT2D eigenvalue weighted by Gasteiger charge is 2.22. The van der Waals surface area contributed by atoms with E-state index in [1.54, 1.807) is 25.3 Å².